The molecular formula is C24H38N4O5. The van der Waals surface area contributed by atoms with Gasteiger partial charge >= 0.3 is 6.03 Å². The molecule has 33 heavy (non-hydrogen) atoms. The van der Waals surface area contributed by atoms with Gasteiger partial charge in [0, 0.05) is 57.4 Å². The lowest BCUT2D eigenvalue weighted by Gasteiger charge is -2.36. The van der Waals surface area contributed by atoms with E-state index in [1.807, 2.05) is 39.5 Å². The van der Waals surface area contributed by atoms with Crippen molar-refractivity contribution >= 4 is 23.5 Å². The van der Waals surface area contributed by atoms with E-state index in [9.17, 15) is 14.4 Å². The topological polar surface area (TPSA) is 100 Å². The number of ether oxygens (including phenoxy) is 2. The number of likely N-dealkylation sites (N-methyl/N-ethyl adjacent to an activating group) is 1. The van der Waals surface area contributed by atoms with Crippen LogP contribution >= 0.6 is 0 Å². The number of amides is 4. The molecule has 1 aromatic rings. The Balaban J connectivity index is 2.41. The fourth-order valence-electron chi connectivity index (χ4n) is 3.83. The quantitative estimate of drug-likeness (QED) is 0.717. The second kappa shape index (κ2) is 11.9. The highest BCUT2D eigenvalue weighted by atomic mass is 16.5. The molecule has 0 aliphatic carbocycles. The van der Waals surface area contributed by atoms with Gasteiger partial charge in [0.2, 0.25) is 5.91 Å². The van der Waals surface area contributed by atoms with Crippen molar-refractivity contribution in [2.45, 2.75) is 59.2 Å². The Morgan fingerprint density at radius 2 is 1.94 bits per heavy atom. The lowest BCUT2D eigenvalue weighted by molar-refractivity contribution is -0.135. The maximum absolute atomic E-state index is 13.2. The highest BCUT2D eigenvalue weighted by Gasteiger charge is 2.29. The summed E-state index contributed by atoms with van der Waals surface area (Å²) in [7, 11) is 3.34. The summed E-state index contributed by atoms with van der Waals surface area (Å²) < 4.78 is 11.8. The van der Waals surface area contributed by atoms with Crippen molar-refractivity contribution in [2.75, 3.05) is 39.2 Å². The van der Waals surface area contributed by atoms with Crippen LogP contribution in [0.1, 0.15) is 51.4 Å². The van der Waals surface area contributed by atoms with Crippen molar-refractivity contribution in [3.05, 3.63) is 23.8 Å². The number of hydrogen-bond acceptors (Lipinski definition) is 5. The largest absolute Gasteiger partial charge is 0.491 e. The van der Waals surface area contributed by atoms with Gasteiger partial charge in [-0.05, 0) is 32.9 Å². The molecule has 4 amide bonds. The van der Waals surface area contributed by atoms with Crippen LogP contribution in [0.2, 0.25) is 0 Å². The molecule has 0 radical (unpaired) electrons. The first-order valence-electron chi connectivity index (χ1n) is 11.5. The van der Waals surface area contributed by atoms with Crippen molar-refractivity contribution in [3.8, 4) is 5.75 Å². The summed E-state index contributed by atoms with van der Waals surface area (Å²) in [5.74, 6) is 0.211. The third-order valence-corrected chi connectivity index (χ3v) is 5.75. The molecule has 1 aromatic carbocycles. The molecule has 0 aromatic heterocycles. The fraction of sp³-hybridized carbons (Fsp3) is 0.625. The predicted octanol–water partition coefficient (Wildman–Crippen LogP) is 2.96. The van der Waals surface area contributed by atoms with Gasteiger partial charge in [0.25, 0.3) is 5.91 Å². The molecule has 0 bridgehead atoms. The molecule has 3 atom stereocenters. The average Bonchev–Trinajstić information content (AvgIpc) is 2.76. The van der Waals surface area contributed by atoms with Crippen molar-refractivity contribution < 1.29 is 23.9 Å². The molecule has 0 saturated heterocycles. The highest BCUT2D eigenvalue weighted by Crippen LogP contribution is 2.27. The highest BCUT2D eigenvalue weighted by molar-refractivity contribution is 5.98. The van der Waals surface area contributed by atoms with Crippen LogP contribution in [0.25, 0.3) is 0 Å². The summed E-state index contributed by atoms with van der Waals surface area (Å²) >= 11 is 0. The Labute approximate surface area is 196 Å². The van der Waals surface area contributed by atoms with Gasteiger partial charge in [-0.2, -0.15) is 0 Å². The number of urea groups is 1. The minimum Gasteiger partial charge on any atom is -0.491 e. The van der Waals surface area contributed by atoms with Crippen molar-refractivity contribution in [3.63, 3.8) is 0 Å². The first-order valence-corrected chi connectivity index (χ1v) is 11.5. The minimum absolute atomic E-state index is 0.0141. The van der Waals surface area contributed by atoms with E-state index in [0.29, 0.717) is 36.5 Å². The van der Waals surface area contributed by atoms with Crippen LogP contribution in [0.4, 0.5) is 10.5 Å². The van der Waals surface area contributed by atoms with Crippen LogP contribution < -0.4 is 15.4 Å². The molecule has 1 heterocycles. The molecule has 2 N–H and O–H groups in total. The molecule has 1 aliphatic heterocycles. The van der Waals surface area contributed by atoms with E-state index >= 15 is 0 Å². The molecular weight excluding hydrogens is 424 g/mol. The summed E-state index contributed by atoms with van der Waals surface area (Å²) in [5.41, 5.74) is 0.892. The van der Waals surface area contributed by atoms with Gasteiger partial charge in [-0.3, -0.25) is 9.59 Å². The van der Waals surface area contributed by atoms with E-state index in [0.717, 1.165) is 0 Å². The van der Waals surface area contributed by atoms with E-state index in [1.54, 1.807) is 37.3 Å². The zero-order valence-corrected chi connectivity index (χ0v) is 20.8. The lowest BCUT2D eigenvalue weighted by atomic mass is 10.0. The second-order valence-electron chi connectivity index (χ2n) is 8.96. The Morgan fingerprint density at radius 3 is 2.55 bits per heavy atom. The molecule has 1 aliphatic rings. The van der Waals surface area contributed by atoms with Crippen molar-refractivity contribution in [2.24, 2.45) is 5.92 Å². The Kier molecular flexibility index (Phi) is 9.52. The third-order valence-electron chi connectivity index (χ3n) is 5.75. The van der Waals surface area contributed by atoms with Crippen LogP contribution in [0, 0.1) is 5.92 Å². The van der Waals surface area contributed by atoms with Gasteiger partial charge in [0.1, 0.15) is 12.4 Å². The van der Waals surface area contributed by atoms with Crippen molar-refractivity contribution in [1.29, 1.82) is 0 Å². The number of methoxy groups -OCH3 is 1. The first-order chi connectivity index (χ1) is 15.6. The number of rotatable bonds is 4. The number of carbonyl (C=O) groups is 3. The Morgan fingerprint density at radius 1 is 1.24 bits per heavy atom. The summed E-state index contributed by atoms with van der Waals surface area (Å²) in [4.78, 5) is 41.4. The van der Waals surface area contributed by atoms with Crippen LogP contribution in [0.3, 0.4) is 0 Å². The zero-order chi connectivity index (χ0) is 24.7. The van der Waals surface area contributed by atoms with Gasteiger partial charge in [0.15, 0.2) is 0 Å². The number of nitrogens with zero attached hydrogens (tertiary/aromatic N) is 2. The molecule has 184 valence electrons. The van der Waals surface area contributed by atoms with E-state index < -0.39 is 0 Å². The summed E-state index contributed by atoms with van der Waals surface area (Å²) in [6.45, 7) is 10.6. The van der Waals surface area contributed by atoms with E-state index in [-0.39, 0.29) is 48.6 Å². The van der Waals surface area contributed by atoms with Crippen LogP contribution in [0.15, 0.2) is 18.2 Å². The fourth-order valence-corrected chi connectivity index (χ4v) is 3.83. The Bertz CT molecular complexity index is 844. The van der Waals surface area contributed by atoms with Gasteiger partial charge in [-0.25, -0.2) is 4.79 Å². The smallest absolute Gasteiger partial charge is 0.319 e. The lowest BCUT2D eigenvalue weighted by Crippen LogP contribution is -2.48. The second-order valence-corrected chi connectivity index (χ2v) is 8.96. The van der Waals surface area contributed by atoms with E-state index in [4.69, 9.17) is 9.47 Å². The van der Waals surface area contributed by atoms with E-state index in [1.165, 1.54) is 0 Å². The molecule has 2 rings (SSSR count). The van der Waals surface area contributed by atoms with Crippen LogP contribution in [-0.2, 0) is 9.53 Å². The molecule has 0 unspecified atom stereocenters. The number of benzene rings is 1. The van der Waals surface area contributed by atoms with Crippen LogP contribution in [-0.4, -0.2) is 79.7 Å². The maximum atomic E-state index is 13.2. The normalized spacial score (nSPS) is 22.1. The summed E-state index contributed by atoms with van der Waals surface area (Å²) in [6, 6.07) is 4.40. The molecule has 9 heteroatoms. The number of carbonyl (C=O) groups excluding carboxylic acids is 3. The zero-order valence-electron chi connectivity index (χ0n) is 20.8. The summed E-state index contributed by atoms with van der Waals surface area (Å²) in [6.07, 6.45) is 0.158. The van der Waals surface area contributed by atoms with Gasteiger partial charge in [0.05, 0.1) is 17.7 Å². The standard InChI is InChI=1S/C24H38N4O5/c1-8-22(29)28-12-16(4)21(32-7)13-27(6)23(30)19-10-9-18(26-24(31)25-15(2)3)11-20(19)33-14-17(28)5/h9-11,15-17,21H,8,12-14H2,1-7H3,(H2,25,26,31)/t16-,17-,21-/m1/s1. The molecule has 0 spiro atoms. The average molecular weight is 463 g/mol. The Hall–Kier alpha value is -2.81. The molecule has 0 fully saturated rings. The first kappa shape index (κ1) is 26.4. The van der Waals surface area contributed by atoms with Gasteiger partial charge < -0.3 is 29.9 Å². The number of anilines is 1. The van der Waals surface area contributed by atoms with Gasteiger partial charge in [-0.1, -0.05) is 13.8 Å². The summed E-state index contributed by atoms with van der Waals surface area (Å²) in [5, 5.41) is 5.53. The number of hydrogen-bond donors (Lipinski definition) is 2. The predicted molar refractivity (Wildman–Crippen MR) is 128 cm³/mol. The number of nitrogens with one attached hydrogen (secondary N) is 2. The monoisotopic (exact) mass is 462 g/mol. The number of fused-ring (bicyclic) bond motifs is 1. The molecule has 9 nitrogen and oxygen atoms in total. The third kappa shape index (κ3) is 7.08. The van der Waals surface area contributed by atoms with Crippen LogP contribution in [0.5, 0.6) is 5.75 Å². The van der Waals surface area contributed by atoms with Crippen molar-refractivity contribution in [1.82, 2.24) is 15.1 Å². The van der Waals surface area contributed by atoms with E-state index in [2.05, 4.69) is 10.6 Å². The molecule has 0 saturated carbocycles. The SMILES string of the molecule is CCC(=O)N1C[C@@H](C)[C@H](OC)CN(C)C(=O)c2ccc(NC(=O)NC(C)C)cc2OC[C@H]1C. The van der Waals surface area contributed by atoms with Gasteiger partial charge in [-0.15, -0.1) is 0 Å². The maximum Gasteiger partial charge on any atom is 0.319 e. The minimum atomic E-state index is -0.341.